The van der Waals surface area contributed by atoms with Crippen molar-refractivity contribution in [1.82, 2.24) is 20.1 Å². The zero-order valence-electron chi connectivity index (χ0n) is 19.1. The number of H-pyrrole nitrogens is 1. The molecule has 1 aromatic heterocycles. The van der Waals surface area contributed by atoms with Crippen LogP contribution in [0, 0.1) is 23.6 Å². The minimum Gasteiger partial charge on any atom is -0.352 e. The molecule has 37 heavy (non-hydrogen) atoms. The third-order valence-electron chi connectivity index (χ3n) is 5.77. The first-order chi connectivity index (χ1) is 17.8. The number of carbonyl (C=O) groups is 1. The first kappa shape index (κ1) is 25.1. The standard InChI is InChI=1S/C27H18Cl3FN4O2/c28-19-8-7-17(22(30)13-19)4-1-15-2-9-20(23(31)11-15)25-33-27(37)35(34-25)24-12-16(3-10-21(24)29)14-32-26(36)18-5-6-18/h2-3,7-13,18H,5-6,14H2,(H,32,36)(H,33,34,37). The molecule has 0 bridgehead atoms. The first-order valence-corrected chi connectivity index (χ1v) is 12.4. The molecule has 0 aliphatic heterocycles. The lowest BCUT2D eigenvalue weighted by Crippen LogP contribution is -2.24. The van der Waals surface area contributed by atoms with E-state index in [2.05, 4.69) is 27.2 Å². The number of nitrogens with one attached hydrogen (secondary N) is 2. The van der Waals surface area contributed by atoms with Gasteiger partial charge in [0.25, 0.3) is 0 Å². The predicted molar refractivity (Wildman–Crippen MR) is 142 cm³/mol. The number of hydrogen-bond donors (Lipinski definition) is 2. The fourth-order valence-electron chi connectivity index (χ4n) is 3.63. The van der Waals surface area contributed by atoms with Gasteiger partial charge in [0, 0.05) is 28.6 Å². The highest BCUT2D eigenvalue weighted by atomic mass is 35.5. The van der Waals surface area contributed by atoms with Crippen LogP contribution < -0.4 is 11.0 Å². The molecular formula is C27H18Cl3FN4O2. The maximum atomic E-state index is 15.0. The Labute approximate surface area is 226 Å². The summed E-state index contributed by atoms with van der Waals surface area (Å²) in [6.45, 7) is 0.296. The summed E-state index contributed by atoms with van der Waals surface area (Å²) < 4.78 is 16.0. The van der Waals surface area contributed by atoms with E-state index in [0.29, 0.717) is 33.4 Å². The molecule has 3 aromatic carbocycles. The molecule has 1 saturated carbocycles. The molecule has 1 amide bonds. The molecule has 1 heterocycles. The van der Waals surface area contributed by atoms with Crippen molar-refractivity contribution >= 4 is 40.7 Å². The monoisotopic (exact) mass is 554 g/mol. The van der Waals surface area contributed by atoms with Gasteiger partial charge in [-0.3, -0.25) is 9.78 Å². The van der Waals surface area contributed by atoms with E-state index in [4.69, 9.17) is 34.8 Å². The summed E-state index contributed by atoms with van der Waals surface area (Å²) in [5.41, 5.74) is 1.55. The van der Waals surface area contributed by atoms with Crippen molar-refractivity contribution in [3.05, 3.63) is 103 Å². The maximum Gasteiger partial charge on any atom is 0.348 e. The summed E-state index contributed by atoms with van der Waals surface area (Å²) in [4.78, 5) is 27.2. The van der Waals surface area contributed by atoms with Gasteiger partial charge in [0.1, 0.15) is 5.82 Å². The Morgan fingerprint density at radius 2 is 1.86 bits per heavy atom. The van der Waals surface area contributed by atoms with Crippen molar-refractivity contribution in [3.8, 4) is 28.9 Å². The lowest BCUT2D eigenvalue weighted by Gasteiger charge is -2.08. The van der Waals surface area contributed by atoms with E-state index in [0.717, 1.165) is 23.1 Å². The Morgan fingerprint density at radius 3 is 2.59 bits per heavy atom. The molecule has 1 aliphatic carbocycles. The number of rotatable bonds is 5. The second kappa shape index (κ2) is 10.4. The summed E-state index contributed by atoms with van der Waals surface area (Å²) in [7, 11) is 0. The molecular weight excluding hydrogens is 538 g/mol. The number of aromatic amines is 1. The average Bonchev–Trinajstić information content (AvgIpc) is 3.65. The van der Waals surface area contributed by atoms with Crippen LogP contribution in [-0.4, -0.2) is 20.7 Å². The molecule has 0 radical (unpaired) electrons. The molecule has 4 aromatic rings. The zero-order valence-corrected chi connectivity index (χ0v) is 21.4. The van der Waals surface area contributed by atoms with Gasteiger partial charge in [-0.2, -0.15) is 4.68 Å². The van der Waals surface area contributed by atoms with Crippen LogP contribution in [0.15, 0.2) is 59.4 Å². The molecule has 1 aliphatic rings. The number of amides is 1. The largest absolute Gasteiger partial charge is 0.352 e. The molecule has 186 valence electrons. The summed E-state index contributed by atoms with van der Waals surface area (Å²) >= 11 is 18.4. The molecule has 0 spiro atoms. The Bertz CT molecular complexity index is 1650. The highest BCUT2D eigenvalue weighted by Crippen LogP contribution is 2.29. The van der Waals surface area contributed by atoms with Gasteiger partial charge < -0.3 is 5.32 Å². The van der Waals surface area contributed by atoms with Crippen LogP contribution in [-0.2, 0) is 11.3 Å². The van der Waals surface area contributed by atoms with Crippen molar-refractivity contribution in [2.75, 3.05) is 0 Å². The zero-order chi connectivity index (χ0) is 26.1. The van der Waals surface area contributed by atoms with E-state index in [1.807, 2.05) is 0 Å². The number of nitrogens with zero attached hydrogens (tertiary/aromatic N) is 2. The highest BCUT2D eigenvalue weighted by Gasteiger charge is 2.29. The molecule has 0 atom stereocenters. The Hall–Kier alpha value is -3.57. The third-order valence-corrected chi connectivity index (χ3v) is 6.64. The van der Waals surface area contributed by atoms with Crippen molar-refractivity contribution in [1.29, 1.82) is 0 Å². The van der Waals surface area contributed by atoms with Crippen LogP contribution in [0.4, 0.5) is 4.39 Å². The van der Waals surface area contributed by atoms with Crippen LogP contribution in [0.2, 0.25) is 15.1 Å². The van der Waals surface area contributed by atoms with Crippen molar-refractivity contribution < 1.29 is 9.18 Å². The molecule has 0 saturated heterocycles. The second-order valence-corrected chi connectivity index (χ2v) is 9.79. The van der Waals surface area contributed by atoms with E-state index in [9.17, 15) is 14.0 Å². The molecule has 2 N–H and O–H groups in total. The average molecular weight is 556 g/mol. The highest BCUT2D eigenvalue weighted by molar-refractivity contribution is 6.35. The van der Waals surface area contributed by atoms with Gasteiger partial charge in [-0.1, -0.05) is 52.7 Å². The number of carbonyl (C=O) groups excluding carboxylic acids is 1. The van der Waals surface area contributed by atoms with Crippen molar-refractivity contribution in [3.63, 3.8) is 0 Å². The summed E-state index contributed by atoms with van der Waals surface area (Å²) in [5, 5.41) is 8.30. The van der Waals surface area contributed by atoms with E-state index in [-0.39, 0.29) is 28.2 Å². The molecule has 6 nitrogen and oxygen atoms in total. The van der Waals surface area contributed by atoms with E-state index >= 15 is 0 Å². The molecule has 5 rings (SSSR count). The van der Waals surface area contributed by atoms with E-state index < -0.39 is 11.5 Å². The van der Waals surface area contributed by atoms with Gasteiger partial charge >= 0.3 is 5.69 Å². The predicted octanol–water partition coefficient (Wildman–Crippen LogP) is 5.75. The van der Waals surface area contributed by atoms with Gasteiger partial charge in [-0.05, 0) is 66.9 Å². The lowest BCUT2D eigenvalue weighted by atomic mass is 10.1. The van der Waals surface area contributed by atoms with Crippen molar-refractivity contribution in [2.24, 2.45) is 5.92 Å². The number of aromatic nitrogens is 3. The van der Waals surface area contributed by atoms with Crippen LogP contribution >= 0.6 is 34.8 Å². The summed E-state index contributed by atoms with van der Waals surface area (Å²) in [6.07, 6.45) is 1.81. The van der Waals surface area contributed by atoms with E-state index in [1.54, 1.807) is 42.5 Å². The van der Waals surface area contributed by atoms with Crippen molar-refractivity contribution in [2.45, 2.75) is 19.4 Å². The molecule has 10 heteroatoms. The van der Waals surface area contributed by atoms with Gasteiger partial charge in [-0.15, -0.1) is 5.10 Å². The number of benzene rings is 3. The molecule has 1 fully saturated rings. The quantitative estimate of drug-likeness (QED) is 0.308. The second-order valence-electron chi connectivity index (χ2n) is 8.54. The van der Waals surface area contributed by atoms with E-state index in [1.165, 1.54) is 12.1 Å². The minimum absolute atomic E-state index is 0.00981. The Balaban J connectivity index is 1.39. The van der Waals surface area contributed by atoms with Gasteiger partial charge in [0.05, 0.1) is 21.3 Å². The molecule has 0 unspecified atom stereocenters. The number of halogens is 4. The SMILES string of the molecule is O=C(NCc1ccc(Cl)c(-n2nc(-c3ccc(C#Cc4ccc(Cl)cc4Cl)cc3F)[nH]c2=O)c1)C1CC1. The summed E-state index contributed by atoms with van der Waals surface area (Å²) in [5.74, 6) is 5.27. The van der Waals surface area contributed by atoms with Gasteiger partial charge in [0.2, 0.25) is 5.91 Å². The topological polar surface area (TPSA) is 79.8 Å². The maximum absolute atomic E-state index is 15.0. The summed E-state index contributed by atoms with van der Waals surface area (Å²) in [6, 6.07) is 14.3. The smallest absolute Gasteiger partial charge is 0.348 e. The Morgan fingerprint density at radius 1 is 1.05 bits per heavy atom. The van der Waals surface area contributed by atoms with Gasteiger partial charge in [-0.25, -0.2) is 9.18 Å². The Kier molecular flexibility index (Phi) is 7.07. The van der Waals surface area contributed by atoms with Gasteiger partial charge in [0.15, 0.2) is 5.82 Å². The first-order valence-electron chi connectivity index (χ1n) is 11.3. The fourth-order valence-corrected chi connectivity index (χ4v) is 4.29. The van der Waals surface area contributed by atoms with Crippen LogP contribution in [0.25, 0.3) is 17.1 Å². The van der Waals surface area contributed by atoms with Crippen LogP contribution in [0.5, 0.6) is 0 Å². The fraction of sp³-hybridized carbons (Fsp3) is 0.148. The lowest BCUT2D eigenvalue weighted by molar-refractivity contribution is -0.122. The normalized spacial score (nSPS) is 12.6. The van der Waals surface area contributed by atoms with Crippen LogP contribution in [0.3, 0.4) is 0 Å². The van der Waals surface area contributed by atoms with Crippen LogP contribution in [0.1, 0.15) is 29.5 Å². The number of hydrogen-bond acceptors (Lipinski definition) is 3. The minimum atomic E-state index is -0.613. The third kappa shape index (κ3) is 5.72.